The number of nitrogen functional groups attached to an aromatic ring is 1. The predicted octanol–water partition coefficient (Wildman–Crippen LogP) is 0.698. The van der Waals surface area contributed by atoms with Crippen LogP contribution in [-0.2, 0) is 0 Å². The Morgan fingerprint density at radius 3 is 3.00 bits per heavy atom. The first-order valence-corrected chi connectivity index (χ1v) is 6.41. The van der Waals surface area contributed by atoms with Crippen molar-refractivity contribution in [2.45, 2.75) is 26.3 Å². The van der Waals surface area contributed by atoms with Gasteiger partial charge in [0.2, 0.25) is 5.95 Å². The van der Waals surface area contributed by atoms with Crippen LogP contribution in [0.15, 0.2) is 6.07 Å². The number of anilines is 3. The van der Waals surface area contributed by atoms with E-state index in [-0.39, 0.29) is 18.6 Å². The molecule has 2 rings (SSSR count). The molecule has 1 saturated heterocycles. The molecule has 0 amide bonds. The van der Waals surface area contributed by atoms with E-state index in [0.29, 0.717) is 5.92 Å². The Hall–Kier alpha value is -1.56. The third-order valence-electron chi connectivity index (χ3n) is 3.45. The summed E-state index contributed by atoms with van der Waals surface area (Å²) in [4.78, 5) is 10.5. The molecule has 2 heterocycles. The molecular weight excluding hydrogens is 230 g/mol. The monoisotopic (exact) mass is 251 g/mol. The van der Waals surface area contributed by atoms with Crippen molar-refractivity contribution in [2.24, 2.45) is 5.92 Å². The number of aliphatic hydroxyl groups is 1. The lowest BCUT2D eigenvalue weighted by Crippen LogP contribution is -2.36. The van der Waals surface area contributed by atoms with Gasteiger partial charge in [0.15, 0.2) is 0 Å². The normalized spacial score (nSPS) is 23.4. The number of nitrogens with two attached hydrogens (primary N) is 1. The van der Waals surface area contributed by atoms with Crippen molar-refractivity contribution in [1.82, 2.24) is 9.97 Å². The molecule has 1 aromatic heterocycles. The van der Waals surface area contributed by atoms with Gasteiger partial charge < -0.3 is 21.1 Å². The average molecular weight is 251 g/mol. The van der Waals surface area contributed by atoms with Crippen LogP contribution < -0.4 is 16.0 Å². The lowest BCUT2D eigenvalue weighted by atomic mass is 10.0. The Morgan fingerprint density at radius 1 is 1.56 bits per heavy atom. The van der Waals surface area contributed by atoms with Gasteiger partial charge in [0.25, 0.3) is 0 Å². The van der Waals surface area contributed by atoms with Crippen LogP contribution in [0.3, 0.4) is 0 Å². The molecule has 6 heteroatoms. The lowest BCUT2D eigenvalue weighted by Gasteiger charge is -2.26. The smallest absolute Gasteiger partial charge is 0.223 e. The van der Waals surface area contributed by atoms with Gasteiger partial charge in [-0.15, -0.1) is 0 Å². The standard InChI is InChI=1S/C12H21N5O/c1-3-14-10-6-11(16-12(13)15-10)17-5-4-8(2)9(17)7-18/h6,8-9,18H,3-5,7H2,1-2H3,(H3,13,14,15,16). The van der Waals surface area contributed by atoms with Gasteiger partial charge in [-0.25, -0.2) is 0 Å². The summed E-state index contributed by atoms with van der Waals surface area (Å²) in [7, 11) is 0. The van der Waals surface area contributed by atoms with E-state index in [9.17, 15) is 5.11 Å². The second kappa shape index (κ2) is 5.39. The van der Waals surface area contributed by atoms with Crippen LogP contribution in [0, 0.1) is 5.92 Å². The topological polar surface area (TPSA) is 87.3 Å². The van der Waals surface area contributed by atoms with Crippen LogP contribution in [0.5, 0.6) is 0 Å². The van der Waals surface area contributed by atoms with Crippen LogP contribution in [0.2, 0.25) is 0 Å². The molecule has 100 valence electrons. The molecular formula is C12H21N5O. The van der Waals surface area contributed by atoms with Crippen molar-refractivity contribution in [3.05, 3.63) is 6.07 Å². The summed E-state index contributed by atoms with van der Waals surface area (Å²) in [5, 5.41) is 12.6. The molecule has 1 fully saturated rings. The molecule has 0 aromatic carbocycles. The molecule has 0 spiro atoms. The fourth-order valence-corrected chi connectivity index (χ4v) is 2.44. The van der Waals surface area contributed by atoms with Gasteiger partial charge in [-0.2, -0.15) is 9.97 Å². The van der Waals surface area contributed by atoms with Gasteiger partial charge in [0, 0.05) is 19.2 Å². The van der Waals surface area contributed by atoms with Crippen LogP contribution in [0.25, 0.3) is 0 Å². The fourth-order valence-electron chi connectivity index (χ4n) is 2.44. The summed E-state index contributed by atoms with van der Waals surface area (Å²) in [5.41, 5.74) is 5.73. The molecule has 6 nitrogen and oxygen atoms in total. The van der Waals surface area contributed by atoms with E-state index in [1.807, 2.05) is 13.0 Å². The average Bonchev–Trinajstić information content (AvgIpc) is 2.70. The first kappa shape index (κ1) is 12.9. The largest absolute Gasteiger partial charge is 0.394 e. The molecule has 0 radical (unpaired) electrons. The van der Waals surface area contributed by atoms with Gasteiger partial charge in [0.05, 0.1) is 12.6 Å². The molecule has 2 unspecified atom stereocenters. The number of nitrogens with zero attached hydrogens (tertiary/aromatic N) is 3. The van der Waals surface area contributed by atoms with Gasteiger partial charge in [-0.3, -0.25) is 0 Å². The fraction of sp³-hybridized carbons (Fsp3) is 0.667. The van der Waals surface area contributed by atoms with Gasteiger partial charge >= 0.3 is 0 Å². The Labute approximate surface area is 107 Å². The van der Waals surface area contributed by atoms with Gasteiger partial charge in [0.1, 0.15) is 11.6 Å². The third kappa shape index (κ3) is 2.48. The molecule has 2 atom stereocenters. The van der Waals surface area contributed by atoms with E-state index in [1.165, 1.54) is 0 Å². The van der Waals surface area contributed by atoms with Crippen molar-refractivity contribution < 1.29 is 5.11 Å². The number of rotatable bonds is 4. The summed E-state index contributed by atoms with van der Waals surface area (Å²) in [6.07, 6.45) is 1.06. The minimum atomic E-state index is 0.119. The number of nitrogens with one attached hydrogen (secondary N) is 1. The first-order valence-electron chi connectivity index (χ1n) is 6.41. The molecule has 0 bridgehead atoms. The highest BCUT2D eigenvalue weighted by Crippen LogP contribution is 2.29. The summed E-state index contributed by atoms with van der Waals surface area (Å²) >= 11 is 0. The highest BCUT2D eigenvalue weighted by Gasteiger charge is 2.31. The van der Waals surface area contributed by atoms with Crippen LogP contribution in [0.1, 0.15) is 20.3 Å². The summed E-state index contributed by atoms with van der Waals surface area (Å²) in [5.74, 6) is 2.26. The van der Waals surface area contributed by atoms with E-state index in [1.54, 1.807) is 0 Å². The zero-order valence-corrected chi connectivity index (χ0v) is 10.9. The third-order valence-corrected chi connectivity index (χ3v) is 3.45. The first-order chi connectivity index (χ1) is 8.65. The van der Waals surface area contributed by atoms with Crippen LogP contribution >= 0.6 is 0 Å². The number of hydrogen-bond donors (Lipinski definition) is 3. The Kier molecular flexibility index (Phi) is 3.86. The zero-order chi connectivity index (χ0) is 13.1. The molecule has 4 N–H and O–H groups in total. The second-order valence-corrected chi connectivity index (χ2v) is 4.71. The molecule has 18 heavy (non-hydrogen) atoms. The van der Waals surface area contributed by atoms with Gasteiger partial charge in [-0.1, -0.05) is 6.92 Å². The molecule has 0 saturated carbocycles. The number of hydrogen-bond acceptors (Lipinski definition) is 6. The Bertz CT molecular complexity index is 411. The molecule has 1 aliphatic rings. The van der Waals surface area contributed by atoms with Crippen molar-refractivity contribution in [3.8, 4) is 0 Å². The quantitative estimate of drug-likeness (QED) is 0.730. The highest BCUT2D eigenvalue weighted by molar-refractivity contribution is 5.53. The van der Waals surface area contributed by atoms with Crippen molar-refractivity contribution in [1.29, 1.82) is 0 Å². The Balaban J connectivity index is 2.27. The zero-order valence-electron chi connectivity index (χ0n) is 10.9. The second-order valence-electron chi connectivity index (χ2n) is 4.71. The van der Waals surface area contributed by atoms with Crippen LogP contribution in [-0.4, -0.2) is 40.8 Å². The maximum atomic E-state index is 9.48. The minimum Gasteiger partial charge on any atom is -0.394 e. The summed E-state index contributed by atoms with van der Waals surface area (Å²) in [6.45, 7) is 5.98. The number of aromatic nitrogens is 2. The van der Waals surface area contributed by atoms with E-state index >= 15 is 0 Å². The van der Waals surface area contributed by atoms with E-state index in [4.69, 9.17) is 5.73 Å². The molecule has 0 aliphatic carbocycles. The molecule has 1 aromatic rings. The van der Waals surface area contributed by atoms with Gasteiger partial charge in [-0.05, 0) is 19.3 Å². The van der Waals surface area contributed by atoms with Crippen molar-refractivity contribution >= 4 is 17.6 Å². The predicted molar refractivity (Wildman–Crippen MR) is 72.6 cm³/mol. The van der Waals surface area contributed by atoms with Crippen molar-refractivity contribution in [3.63, 3.8) is 0 Å². The van der Waals surface area contributed by atoms with E-state index < -0.39 is 0 Å². The number of aliphatic hydroxyl groups excluding tert-OH is 1. The van der Waals surface area contributed by atoms with Crippen molar-refractivity contribution in [2.75, 3.05) is 35.6 Å². The van der Waals surface area contributed by atoms with E-state index in [2.05, 4.69) is 27.1 Å². The minimum absolute atomic E-state index is 0.119. The SMILES string of the molecule is CCNc1cc(N2CCC(C)C2CO)nc(N)n1. The summed E-state index contributed by atoms with van der Waals surface area (Å²) in [6, 6.07) is 2.01. The van der Waals surface area contributed by atoms with E-state index in [0.717, 1.165) is 31.1 Å². The maximum absolute atomic E-state index is 9.48. The Morgan fingerprint density at radius 2 is 2.33 bits per heavy atom. The lowest BCUT2D eigenvalue weighted by molar-refractivity contribution is 0.244. The highest BCUT2D eigenvalue weighted by atomic mass is 16.3. The molecule has 1 aliphatic heterocycles. The van der Waals surface area contributed by atoms with Crippen LogP contribution in [0.4, 0.5) is 17.6 Å². The summed E-state index contributed by atoms with van der Waals surface area (Å²) < 4.78 is 0. The maximum Gasteiger partial charge on any atom is 0.223 e.